The van der Waals surface area contributed by atoms with Gasteiger partial charge in [-0.25, -0.2) is 4.39 Å². The van der Waals surface area contributed by atoms with Crippen molar-refractivity contribution in [3.8, 4) is 5.75 Å². The Morgan fingerprint density at radius 1 is 1.10 bits per heavy atom. The van der Waals surface area contributed by atoms with Crippen molar-refractivity contribution in [3.63, 3.8) is 0 Å². The molecule has 1 atom stereocenters. The highest BCUT2D eigenvalue weighted by Gasteiger charge is 2.18. The molecule has 2 rings (SSSR count). The molecule has 2 aromatic carbocycles. The van der Waals surface area contributed by atoms with Crippen LogP contribution in [0.4, 0.5) is 4.39 Å². The summed E-state index contributed by atoms with van der Waals surface area (Å²) in [6.45, 7) is 6.98. The second kappa shape index (κ2) is 6.72. The number of aryl methyl sites for hydroxylation is 2. The van der Waals surface area contributed by atoms with Crippen LogP contribution in [0.25, 0.3) is 0 Å². The van der Waals surface area contributed by atoms with E-state index in [1.807, 2.05) is 6.92 Å². The van der Waals surface area contributed by atoms with E-state index in [4.69, 9.17) is 4.74 Å². The van der Waals surface area contributed by atoms with Crippen LogP contribution in [-0.4, -0.2) is 13.7 Å². The second-order valence-electron chi connectivity index (χ2n) is 5.30. The smallest absolute Gasteiger partial charge is 0.124 e. The van der Waals surface area contributed by atoms with Crippen LogP contribution in [-0.2, 0) is 0 Å². The first-order valence-corrected chi connectivity index (χ1v) is 7.20. The SMILES string of the molecule is CCNC(c1cc(C)cc(C)c1)c1cc(F)ccc1OC. The quantitative estimate of drug-likeness (QED) is 0.892. The molecule has 0 radical (unpaired) electrons. The summed E-state index contributed by atoms with van der Waals surface area (Å²) in [4.78, 5) is 0. The number of halogens is 1. The lowest BCUT2D eigenvalue weighted by Crippen LogP contribution is -2.23. The van der Waals surface area contributed by atoms with Gasteiger partial charge < -0.3 is 10.1 Å². The average molecular weight is 287 g/mol. The fraction of sp³-hybridized carbons (Fsp3) is 0.333. The summed E-state index contributed by atoms with van der Waals surface area (Å²) >= 11 is 0. The zero-order chi connectivity index (χ0) is 15.4. The summed E-state index contributed by atoms with van der Waals surface area (Å²) in [5.74, 6) is 0.444. The molecule has 0 saturated heterocycles. The molecular weight excluding hydrogens is 265 g/mol. The predicted octanol–water partition coefficient (Wildman–Crippen LogP) is 4.15. The van der Waals surface area contributed by atoms with Crippen molar-refractivity contribution in [1.29, 1.82) is 0 Å². The van der Waals surface area contributed by atoms with E-state index in [9.17, 15) is 4.39 Å². The van der Waals surface area contributed by atoms with E-state index in [-0.39, 0.29) is 11.9 Å². The Morgan fingerprint density at radius 2 is 1.76 bits per heavy atom. The predicted molar refractivity (Wildman–Crippen MR) is 84.4 cm³/mol. The fourth-order valence-corrected chi connectivity index (χ4v) is 2.72. The second-order valence-corrected chi connectivity index (χ2v) is 5.30. The number of benzene rings is 2. The van der Waals surface area contributed by atoms with E-state index in [0.29, 0.717) is 5.75 Å². The highest BCUT2D eigenvalue weighted by Crippen LogP contribution is 2.31. The monoisotopic (exact) mass is 287 g/mol. The standard InChI is InChI=1S/C18H22FNO/c1-5-20-18(14-9-12(2)8-13(3)10-14)16-11-15(19)6-7-17(16)21-4/h6-11,18,20H,5H2,1-4H3. The molecule has 2 nitrogen and oxygen atoms in total. The highest BCUT2D eigenvalue weighted by atomic mass is 19.1. The first kappa shape index (κ1) is 15.5. The highest BCUT2D eigenvalue weighted by molar-refractivity contribution is 5.43. The van der Waals surface area contributed by atoms with E-state index >= 15 is 0 Å². The maximum atomic E-state index is 13.7. The topological polar surface area (TPSA) is 21.3 Å². The van der Waals surface area contributed by atoms with Crippen LogP contribution in [0.1, 0.15) is 35.2 Å². The molecule has 0 fully saturated rings. The minimum absolute atomic E-state index is 0.0840. The first-order chi connectivity index (χ1) is 10.0. The third-order valence-corrected chi connectivity index (χ3v) is 3.49. The molecular formula is C18H22FNO. The molecule has 0 heterocycles. The molecule has 0 aliphatic carbocycles. The summed E-state index contributed by atoms with van der Waals surface area (Å²) < 4.78 is 19.1. The van der Waals surface area contributed by atoms with E-state index in [0.717, 1.165) is 17.7 Å². The number of methoxy groups -OCH3 is 1. The van der Waals surface area contributed by atoms with E-state index in [2.05, 4.69) is 37.4 Å². The summed E-state index contributed by atoms with van der Waals surface area (Å²) in [7, 11) is 1.61. The van der Waals surface area contributed by atoms with Crippen molar-refractivity contribution in [2.75, 3.05) is 13.7 Å². The van der Waals surface area contributed by atoms with Crippen molar-refractivity contribution >= 4 is 0 Å². The minimum atomic E-state index is -0.252. The van der Waals surface area contributed by atoms with E-state index in [1.165, 1.54) is 17.2 Å². The van der Waals surface area contributed by atoms with Crippen molar-refractivity contribution in [2.45, 2.75) is 26.8 Å². The number of nitrogens with one attached hydrogen (secondary N) is 1. The number of hydrogen-bond acceptors (Lipinski definition) is 2. The number of hydrogen-bond donors (Lipinski definition) is 1. The minimum Gasteiger partial charge on any atom is -0.496 e. The van der Waals surface area contributed by atoms with Crippen LogP contribution in [0.3, 0.4) is 0 Å². The maximum absolute atomic E-state index is 13.7. The summed E-state index contributed by atoms with van der Waals surface area (Å²) in [5, 5.41) is 3.42. The molecule has 0 bridgehead atoms. The number of rotatable bonds is 5. The zero-order valence-corrected chi connectivity index (χ0v) is 13.0. The van der Waals surface area contributed by atoms with Crippen molar-refractivity contribution in [1.82, 2.24) is 5.32 Å². The Labute approximate surface area is 126 Å². The number of ether oxygens (including phenoxy) is 1. The van der Waals surface area contributed by atoms with Gasteiger partial charge in [0.05, 0.1) is 13.2 Å². The molecule has 1 unspecified atom stereocenters. The van der Waals surface area contributed by atoms with Gasteiger partial charge >= 0.3 is 0 Å². The molecule has 0 saturated carbocycles. The molecule has 0 aliphatic heterocycles. The largest absolute Gasteiger partial charge is 0.496 e. The van der Waals surface area contributed by atoms with Gasteiger partial charge in [0, 0.05) is 5.56 Å². The van der Waals surface area contributed by atoms with E-state index in [1.54, 1.807) is 19.2 Å². The van der Waals surface area contributed by atoms with Crippen LogP contribution in [0.2, 0.25) is 0 Å². The zero-order valence-electron chi connectivity index (χ0n) is 13.0. The van der Waals surface area contributed by atoms with Gasteiger partial charge in [-0.2, -0.15) is 0 Å². The lowest BCUT2D eigenvalue weighted by atomic mass is 9.94. The summed E-state index contributed by atoms with van der Waals surface area (Å²) in [5.41, 5.74) is 4.34. The third-order valence-electron chi connectivity index (χ3n) is 3.49. The Kier molecular flexibility index (Phi) is 4.97. The molecule has 0 amide bonds. The van der Waals surface area contributed by atoms with Gasteiger partial charge in [0.1, 0.15) is 11.6 Å². The van der Waals surface area contributed by atoms with Crippen LogP contribution in [0, 0.1) is 19.7 Å². The van der Waals surface area contributed by atoms with Crippen LogP contribution in [0.5, 0.6) is 5.75 Å². The summed E-state index contributed by atoms with van der Waals surface area (Å²) in [6, 6.07) is 11.0. The average Bonchev–Trinajstić information content (AvgIpc) is 2.43. The maximum Gasteiger partial charge on any atom is 0.124 e. The Bertz CT molecular complexity index is 604. The van der Waals surface area contributed by atoms with Gasteiger partial charge in [-0.1, -0.05) is 36.2 Å². The van der Waals surface area contributed by atoms with Crippen LogP contribution < -0.4 is 10.1 Å². The molecule has 0 aromatic heterocycles. The lowest BCUT2D eigenvalue weighted by Gasteiger charge is -2.22. The summed E-state index contributed by atoms with van der Waals surface area (Å²) in [6.07, 6.45) is 0. The Balaban J connectivity index is 2.55. The third kappa shape index (κ3) is 3.61. The van der Waals surface area contributed by atoms with Gasteiger partial charge in [-0.3, -0.25) is 0 Å². The Morgan fingerprint density at radius 3 is 2.33 bits per heavy atom. The van der Waals surface area contributed by atoms with Crippen molar-refractivity contribution < 1.29 is 9.13 Å². The molecule has 2 aromatic rings. The van der Waals surface area contributed by atoms with Crippen molar-refractivity contribution in [2.24, 2.45) is 0 Å². The van der Waals surface area contributed by atoms with Crippen LogP contribution >= 0.6 is 0 Å². The van der Waals surface area contributed by atoms with E-state index < -0.39 is 0 Å². The molecule has 3 heteroatoms. The van der Waals surface area contributed by atoms with Gasteiger partial charge in [0.25, 0.3) is 0 Å². The van der Waals surface area contributed by atoms with Gasteiger partial charge in [0.15, 0.2) is 0 Å². The molecule has 112 valence electrons. The molecule has 21 heavy (non-hydrogen) atoms. The molecule has 0 spiro atoms. The normalized spacial score (nSPS) is 12.2. The molecule has 1 N–H and O–H groups in total. The van der Waals surface area contributed by atoms with Crippen molar-refractivity contribution in [3.05, 3.63) is 64.5 Å². The Hall–Kier alpha value is -1.87. The first-order valence-electron chi connectivity index (χ1n) is 7.20. The fourth-order valence-electron chi connectivity index (χ4n) is 2.72. The van der Waals surface area contributed by atoms with Gasteiger partial charge in [-0.15, -0.1) is 0 Å². The molecule has 0 aliphatic rings. The van der Waals surface area contributed by atoms with Gasteiger partial charge in [0.2, 0.25) is 0 Å². The lowest BCUT2D eigenvalue weighted by molar-refractivity contribution is 0.402. The van der Waals surface area contributed by atoms with Gasteiger partial charge in [-0.05, 0) is 44.2 Å². The van der Waals surface area contributed by atoms with Crippen LogP contribution in [0.15, 0.2) is 36.4 Å².